The summed E-state index contributed by atoms with van der Waals surface area (Å²) in [5.41, 5.74) is 0.892. The summed E-state index contributed by atoms with van der Waals surface area (Å²) >= 11 is 10.3. The minimum absolute atomic E-state index is 0.309. The lowest BCUT2D eigenvalue weighted by atomic mass is 10.2. The monoisotopic (exact) mass is 379 g/mol. The van der Waals surface area contributed by atoms with Gasteiger partial charge in [0.25, 0.3) is 10.0 Å². The van der Waals surface area contributed by atoms with E-state index in [2.05, 4.69) is 15.9 Å². The second-order valence-corrected chi connectivity index (χ2v) is 8.39. The van der Waals surface area contributed by atoms with Crippen molar-refractivity contribution in [1.82, 2.24) is 4.31 Å². The maximum absolute atomic E-state index is 12.4. The van der Waals surface area contributed by atoms with Crippen molar-refractivity contribution in [3.8, 4) is 0 Å². The second kappa shape index (κ2) is 5.93. The molecule has 0 aliphatic rings. The normalized spacial score (nSPS) is 12.0. The van der Waals surface area contributed by atoms with Crippen LogP contribution in [0.25, 0.3) is 0 Å². The SMILES string of the molecule is CN(Cc1ccc(Cl)cc1)S(=O)(=O)c1sccc1Br. The number of halogens is 2. The minimum atomic E-state index is -3.46. The van der Waals surface area contributed by atoms with E-state index in [4.69, 9.17) is 11.6 Å². The van der Waals surface area contributed by atoms with Gasteiger partial charge in [-0.3, -0.25) is 0 Å². The van der Waals surface area contributed by atoms with Gasteiger partial charge < -0.3 is 0 Å². The summed E-state index contributed by atoms with van der Waals surface area (Å²) in [5.74, 6) is 0. The molecule has 3 nitrogen and oxygen atoms in total. The van der Waals surface area contributed by atoms with Gasteiger partial charge in [-0.05, 0) is 45.1 Å². The van der Waals surface area contributed by atoms with Crippen molar-refractivity contribution in [3.05, 3.63) is 50.8 Å². The van der Waals surface area contributed by atoms with E-state index in [9.17, 15) is 8.42 Å². The predicted molar refractivity (Wildman–Crippen MR) is 82.1 cm³/mol. The smallest absolute Gasteiger partial charge is 0.206 e. The fraction of sp³-hybridized carbons (Fsp3) is 0.167. The summed E-state index contributed by atoms with van der Waals surface area (Å²) in [7, 11) is -1.90. The number of rotatable bonds is 4. The van der Waals surface area contributed by atoms with E-state index >= 15 is 0 Å². The standard InChI is InChI=1S/C12H11BrClNO2S2/c1-15(8-9-2-4-10(14)5-3-9)19(16,17)12-11(13)6-7-18-12/h2-7H,8H2,1H3. The molecular formula is C12H11BrClNO2S2. The van der Waals surface area contributed by atoms with E-state index in [1.54, 1.807) is 30.6 Å². The molecule has 0 fully saturated rings. The molecule has 0 amide bonds. The average Bonchev–Trinajstić information content (AvgIpc) is 2.79. The quantitative estimate of drug-likeness (QED) is 0.804. The first-order valence-electron chi connectivity index (χ1n) is 5.35. The van der Waals surface area contributed by atoms with E-state index < -0.39 is 10.0 Å². The zero-order valence-corrected chi connectivity index (χ0v) is 14.0. The Labute approximate surface area is 130 Å². The first-order chi connectivity index (χ1) is 8.91. The van der Waals surface area contributed by atoms with Crippen LogP contribution in [0, 0.1) is 0 Å². The van der Waals surface area contributed by atoms with Crippen molar-refractivity contribution < 1.29 is 8.42 Å². The third-order valence-corrected chi connectivity index (χ3v) is 7.25. The molecule has 0 bridgehead atoms. The third-order valence-electron chi connectivity index (χ3n) is 2.55. The first kappa shape index (κ1) is 15.0. The van der Waals surface area contributed by atoms with Crippen LogP contribution in [0.2, 0.25) is 5.02 Å². The van der Waals surface area contributed by atoms with E-state index in [0.717, 1.165) is 5.56 Å². The summed E-state index contributed by atoms with van der Waals surface area (Å²) in [6.07, 6.45) is 0. The van der Waals surface area contributed by atoms with Crippen LogP contribution in [0.5, 0.6) is 0 Å². The molecule has 0 spiro atoms. The molecule has 0 aliphatic heterocycles. The largest absolute Gasteiger partial charge is 0.253 e. The Morgan fingerprint density at radius 2 is 1.89 bits per heavy atom. The fourth-order valence-electron chi connectivity index (χ4n) is 1.54. The van der Waals surface area contributed by atoms with E-state index in [0.29, 0.717) is 20.2 Å². The van der Waals surface area contributed by atoms with Crippen molar-refractivity contribution >= 4 is 48.9 Å². The van der Waals surface area contributed by atoms with Crippen molar-refractivity contribution in [3.63, 3.8) is 0 Å². The molecule has 0 aliphatic carbocycles. The van der Waals surface area contributed by atoms with Crippen LogP contribution in [0.3, 0.4) is 0 Å². The maximum atomic E-state index is 12.4. The third kappa shape index (κ3) is 3.38. The summed E-state index contributed by atoms with van der Waals surface area (Å²) in [6, 6.07) is 8.86. The van der Waals surface area contributed by atoms with Gasteiger partial charge in [-0.15, -0.1) is 11.3 Å². The zero-order chi connectivity index (χ0) is 14.0. The molecule has 2 rings (SSSR count). The molecule has 102 valence electrons. The molecule has 1 aromatic heterocycles. The minimum Gasteiger partial charge on any atom is -0.206 e. The molecule has 1 heterocycles. The highest BCUT2D eigenvalue weighted by atomic mass is 79.9. The maximum Gasteiger partial charge on any atom is 0.253 e. The Morgan fingerprint density at radius 3 is 2.42 bits per heavy atom. The molecular weight excluding hydrogens is 370 g/mol. The Morgan fingerprint density at radius 1 is 1.26 bits per heavy atom. The Hall–Kier alpha value is -0.400. The molecule has 0 radical (unpaired) electrons. The van der Waals surface area contributed by atoms with Crippen molar-refractivity contribution in [2.24, 2.45) is 0 Å². The van der Waals surface area contributed by atoms with Gasteiger partial charge in [0.2, 0.25) is 0 Å². The van der Waals surface area contributed by atoms with Crippen molar-refractivity contribution in [2.45, 2.75) is 10.8 Å². The van der Waals surface area contributed by atoms with Crippen molar-refractivity contribution in [2.75, 3.05) is 7.05 Å². The Kier molecular flexibility index (Phi) is 4.68. The topological polar surface area (TPSA) is 37.4 Å². The lowest BCUT2D eigenvalue weighted by molar-refractivity contribution is 0.468. The molecule has 0 N–H and O–H groups in total. The number of hydrogen-bond donors (Lipinski definition) is 0. The lowest BCUT2D eigenvalue weighted by Gasteiger charge is -2.16. The van der Waals surface area contributed by atoms with Crippen LogP contribution in [-0.4, -0.2) is 19.8 Å². The number of hydrogen-bond acceptors (Lipinski definition) is 3. The van der Waals surface area contributed by atoms with Crippen LogP contribution >= 0.6 is 38.9 Å². The van der Waals surface area contributed by atoms with Gasteiger partial charge in [-0.2, -0.15) is 4.31 Å². The predicted octanol–water partition coefficient (Wildman–Crippen LogP) is 3.98. The van der Waals surface area contributed by atoms with Crippen molar-refractivity contribution in [1.29, 1.82) is 0 Å². The van der Waals surface area contributed by atoms with Gasteiger partial charge >= 0.3 is 0 Å². The van der Waals surface area contributed by atoms with Crippen LogP contribution in [0.1, 0.15) is 5.56 Å². The number of benzene rings is 1. The van der Waals surface area contributed by atoms with Crippen LogP contribution in [-0.2, 0) is 16.6 Å². The molecule has 2 aromatic rings. The molecule has 7 heteroatoms. The van der Waals surface area contributed by atoms with Crippen LogP contribution in [0.15, 0.2) is 44.4 Å². The number of nitrogens with zero attached hydrogens (tertiary/aromatic N) is 1. The Bertz CT molecular complexity index is 667. The van der Waals surface area contributed by atoms with Crippen LogP contribution in [0.4, 0.5) is 0 Å². The van der Waals surface area contributed by atoms with Gasteiger partial charge in [0.1, 0.15) is 4.21 Å². The second-order valence-electron chi connectivity index (χ2n) is 3.94. The summed E-state index contributed by atoms with van der Waals surface area (Å²) in [5, 5.41) is 2.38. The number of thiophene rings is 1. The van der Waals surface area contributed by atoms with Gasteiger partial charge in [-0.1, -0.05) is 23.7 Å². The van der Waals surface area contributed by atoms with E-state index in [1.807, 2.05) is 12.1 Å². The molecule has 19 heavy (non-hydrogen) atoms. The molecule has 0 saturated carbocycles. The molecule has 1 aromatic carbocycles. The van der Waals surface area contributed by atoms with Gasteiger partial charge in [0.15, 0.2) is 0 Å². The fourth-order valence-corrected chi connectivity index (χ4v) is 5.32. The summed E-state index contributed by atoms with van der Waals surface area (Å²) in [6.45, 7) is 0.309. The highest BCUT2D eigenvalue weighted by Crippen LogP contribution is 2.30. The van der Waals surface area contributed by atoms with E-state index in [1.165, 1.54) is 15.6 Å². The summed E-state index contributed by atoms with van der Waals surface area (Å²) in [4.78, 5) is 0. The van der Waals surface area contributed by atoms with Gasteiger partial charge in [0.05, 0.1) is 0 Å². The molecule has 0 unspecified atom stereocenters. The van der Waals surface area contributed by atoms with Gasteiger partial charge in [0, 0.05) is 23.1 Å². The lowest BCUT2D eigenvalue weighted by Crippen LogP contribution is -2.26. The Balaban J connectivity index is 2.22. The average molecular weight is 381 g/mol. The highest BCUT2D eigenvalue weighted by molar-refractivity contribution is 9.10. The highest BCUT2D eigenvalue weighted by Gasteiger charge is 2.24. The van der Waals surface area contributed by atoms with E-state index in [-0.39, 0.29) is 0 Å². The first-order valence-corrected chi connectivity index (χ1v) is 8.84. The molecule has 0 saturated heterocycles. The zero-order valence-electron chi connectivity index (χ0n) is 10.0. The number of sulfonamides is 1. The molecule has 0 atom stereocenters. The van der Waals surface area contributed by atoms with Crippen LogP contribution < -0.4 is 0 Å². The summed E-state index contributed by atoms with van der Waals surface area (Å²) < 4.78 is 27.0. The van der Waals surface area contributed by atoms with Gasteiger partial charge in [-0.25, -0.2) is 8.42 Å².